The van der Waals surface area contributed by atoms with Crippen LogP contribution in [0.4, 0.5) is 0 Å². The van der Waals surface area contributed by atoms with Crippen molar-refractivity contribution >= 4 is 6.29 Å². The SMILES string of the molecule is CC(C)c1ccccc1.CCCCC(C=O)CC. The fraction of sp³-hybridized carbons (Fsp3) is 0.588. The number of carbonyl (C=O) groups excluding carboxylic acids is 1. The maximum Gasteiger partial charge on any atom is 0.123 e. The Labute approximate surface area is 113 Å². The van der Waals surface area contributed by atoms with Gasteiger partial charge in [-0.2, -0.15) is 0 Å². The second-order valence-corrected chi connectivity index (χ2v) is 5.01. The molecule has 1 nitrogen and oxygen atoms in total. The zero-order valence-electron chi connectivity index (χ0n) is 12.4. The summed E-state index contributed by atoms with van der Waals surface area (Å²) in [7, 11) is 0. The fourth-order valence-corrected chi connectivity index (χ4v) is 1.67. The van der Waals surface area contributed by atoms with E-state index in [1.165, 1.54) is 18.4 Å². The molecule has 18 heavy (non-hydrogen) atoms. The lowest BCUT2D eigenvalue weighted by Gasteiger charge is -2.03. The van der Waals surface area contributed by atoms with Crippen LogP contribution in [0.2, 0.25) is 0 Å². The van der Waals surface area contributed by atoms with Gasteiger partial charge in [0.15, 0.2) is 0 Å². The van der Waals surface area contributed by atoms with Crippen LogP contribution < -0.4 is 0 Å². The Morgan fingerprint density at radius 2 is 1.72 bits per heavy atom. The van der Waals surface area contributed by atoms with Crippen LogP contribution in [0.25, 0.3) is 0 Å². The second-order valence-electron chi connectivity index (χ2n) is 5.01. The zero-order valence-corrected chi connectivity index (χ0v) is 12.4. The molecular weight excluding hydrogens is 220 g/mol. The first-order chi connectivity index (χ1) is 8.65. The third kappa shape index (κ3) is 8.05. The predicted octanol–water partition coefficient (Wildman–Crippen LogP) is 5.21. The minimum absolute atomic E-state index is 0.324. The van der Waals surface area contributed by atoms with E-state index < -0.39 is 0 Å². The Hall–Kier alpha value is -1.11. The van der Waals surface area contributed by atoms with Gasteiger partial charge in [0.05, 0.1) is 0 Å². The van der Waals surface area contributed by atoms with Crippen LogP contribution in [0.5, 0.6) is 0 Å². The molecule has 0 saturated carbocycles. The van der Waals surface area contributed by atoms with E-state index in [1.54, 1.807) is 0 Å². The van der Waals surface area contributed by atoms with Crippen molar-refractivity contribution in [1.29, 1.82) is 0 Å². The number of carbonyl (C=O) groups is 1. The summed E-state index contributed by atoms with van der Waals surface area (Å²) in [6, 6.07) is 10.5. The minimum Gasteiger partial charge on any atom is -0.303 e. The molecule has 0 radical (unpaired) electrons. The topological polar surface area (TPSA) is 17.1 Å². The first-order valence-corrected chi connectivity index (χ1v) is 7.15. The highest BCUT2D eigenvalue weighted by atomic mass is 16.1. The van der Waals surface area contributed by atoms with Crippen LogP contribution in [-0.2, 0) is 4.79 Å². The maximum atomic E-state index is 10.2. The molecule has 102 valence electrons. The van der Waals surface area contributed by atoms with Gasteiger partial charge in [0, 0.05) is 5.92 Å². The summed E-state index contributed by atoms with van der Waals surface area (Å²) < 4.78 is 0. The highest BCUT2D eigenvalue weighted by Gasteiger charge is 2.01. The summed E-state index contributed by atoms with van der Waals surface area (Å²) in [5, 5.41) is 0. The van der Waals surface area contributed by atoms with Crippen LogP contribution in [0.15, 0.2) is 30.3 Å². The van der Waals surface area contributed by atoms with Gasteiger partial charge in [-0.1, -0.05) is 70.9 Å². The predicted molar refractivity (Wildman–Crippen MR) is 79.9 cm³/mol. The number of rotatable bonds is 6. The maximum absolute atomic E-state index is 10.2. The van der Waals surface area contributed by atoms with Gasteiger partial charge in [0.25, 0.3) is 0 Å². The molecular formula is C17H28O. The summed E-state index contributed by atoms with van der Waals surface area (Å²) >= 11 is 0. The summed E-state index contributed by atoms with van der Waals surface area (Å²) in [6.07, 6.45) is 5.55. The Kier molecular flexibility index (Phi) is 10.3. The van der Waals surface area contributed by atoms with Crippen LogP contribution in [0, 0.1) is 5.92 Å². The van der Waals surface area contributed by atoms with Crippen molar-refractivity contribution < 1.29 is 4.79 Å². The Morgan fingerprint density at radius 1 is 1.11 bits per heavy atom. The molecule has 0 aliphatic rings. The standard InChI is InChI=1S/C9H12.C8H16O/c1-8(2)9-6-4-3-5-7-9;1-3-5-6-8(4-2)7-9/h3-8H,1-2H3;7-8H,3-6H2,1-2H3. The van der Waals surface area contributed by atoms with Gasteiger partial charge in [-0.25, -0.2) is 0 Å². The molecule has 0 aromatic heterocycles. The molecule has 0 amide bonds. The van der Waals surface area contributed by atoms with Gasteiger partial charge >= 0.3 is 0 Å². The van der Waals surface area contributed by atoms with Crippen LogP contribution in [0.1, 0.15) is 64.9 Å². The van der Waals surface area contributed by atoms with Gasteiger partial charge in [-0.3, -0.25) is 0 Å². The second kappa shape index (κ2) is 11.0. The van der Waals surface area contributed by atoms with E-state index in [9.17, 15) is 4.79 Å². The minimum atomic E-state index is 0.324. The van der Waals surface area contributed by atoms with Gasteiger partial charge in [0.1, 0.15) is 6.29 Å². The van der Waals surface area contributed by atoms with E-state index in [0.717, 1.165) is 19.1 Å². The molecule has 0 aliphatic heterocycles. The number of hydrogen-bond donors (Lipinski definition) is 0. The van der Waals surface area contributed by atoms with Gasteiger partial charge in [-0.15, -0.1) is 0 Å². The van der Waals surface area contributed by atoms with Crippen molar-refractivity contribution in [2.45, 2.75) is 59.3 Å². The average molecular weight is 248 g/mol. The lowest BCUT2D eigenvalue weighted by molar-refractivity contribution is -0.111. The van der Waals surface area contributed by atoms with Crippen molar-refractivity contribution in [3.05, 3.63) is 35.9 Å². The average Bonchev–Trinajstić information content (AvgIpc) is 2.42. The van der Waals surface area contributed by atoms with Crippen LogP contribution in [0.3, 0.4) is 0 Å². The largest absolute Gasteiger partial charge is 0.303 e. The molecule has 0 spiro atoms. The van der Waals surface area contributed by atoms with Crippen molar-refractivity contribution in [3.63, 3.8) is 0 Å². The lowest BCUT2D eigenvalue weighted by Crippen LogP contribution is -1.98. The molecule has 0 aliphatic carbocycles. The molecule has 0 bridgehead atoms. The first-order valence-electron chi connectivity index (χ1n) is 7.15. The Bertz CT molecular complexity index is 290. The summed E-state index contributed by atoms with van der Waals surface area (Å²) in [5.41, 5.74) is 1.41. The smallest absolute Gasteiger partial charge is 0.123 e. The highest BCUT2D eigenvalue weighted by Crippen LogP contribution is 2.11. The third-order valence-electron chi connectivity index (χ3n) is 3.11. The van der Waals surface area contributed by atoms with E-state index in [1.807, 2.05) is 6.07 Å². The van der Waals surface area contributed by atoms with Crippen molar-refractivity contribution in [1.82, 2.24) is 0 Å². The number of hydrogen-bond acceptors (Lipinski definition) is 1. The molecule has 0 fully saturated rings. The van der Waals surface area contributed by atoms with Gasteiger partial charge < -0.3 is 4.79 Å². The summed E-state index contributed by atoms with van der Waals surface area (Å²) in [4.78, 5) is 10.2. The van der Waals surface area contributed by atoms with Crippen LogP contribution >= 0.6 is 0 Å². The third-order valence-corrected chi connectivity index (χ3v) is 3.11. The Morgan fingerprint density at radius 3 is 2.06 bits per heavy atom. The number of benzene rings is 1. The van der Waals surface area contributed by atoms with Crippen LogP contribution in [-0.4, -0.2) is 6.29 Å². The molecule has 1 unspecified atom stereocenters. The highest BCUT2D eigenvalue weighted by molar-refractivity contribution is 5.53. The van der Waals surface area contributed by atoms with E-state index >= 15 is 0 Å². The molecule has 0 heterocycles. The van der Waals surface area contributed by atoms with E-state index in [2.05, 4.69) is 52.0 Å². The van der Waals surface area contributed by atoms with E-state index in [-0.39, 0.29) is 0 Å². The molecule has 0 saturated heterocycles. The van der Waals surface area contributed by atoms with Crippen molar-refractivity contribution in [2.75, 3.05) is 0 Å². The fourth-order valence-electron chi connectivity index (χ4n) is 1.67. The molecule has 1 aromatic carbocycles. The zero-order chi connectivity index (χ0) is 13.8. The molecule has 1 atom stereocenters. The molecule has 1 aromatic rings. The van der Waals surface area contributed by atoms with Gasteiger partial charge in [-0.05, 0) is 24.3 Å². The van der Waals surface area contributed by atoms with E-state index in [4.69, 9.17) is 0 Å². The van der Waals surface area contributed by atoms with Crippen molar-refractivity contribution in [3.8, 4) is 0 Å². The number of aldehydes is 1. The first kappa shape index (κ1) is 16.9. The Balaban J connectivity index is 0.000000321. The number of unbranched alkanes of at least 4 members (excludes halogenated alkanes) is 1. The summed E-state index contributed by atoms with van der Waals surface area (Å²) in [5.74, 6) is 0.983. The molecule has 1 rings (SSSR count). The monoisotopic (exact) mass is 248 g/mol. The van der Waals surface area contributed by atoms with Crippen molar-refractivity contribution in [2.24, 2.45) is 5.92 Å². The molecule has 1 heteroatoms. The summed E-state index contributed by atoms with van der Waals surface area (Å²) in [6.45, 7) is 8.62. The lowest BCUT2D eigenvalue weighted by atomic mass is 10.0. The normalized spacial score (nSPS) is 11.6. The molecule has 0 N–H and O–H groups in total. The van der Waals surface area contributed by atoms with Gasteiger partial charge in [0.2, 0.25) is 0 Å². The van der Waals surface area contributed by atoms with E-state index in [0.29, 0.717) is 11.8 Å². The quantitative estimate of drug-likeness (QED) is 0.631.